The smallest absolute Gasteiger partial charge is 0.307 e. The van der Waals surface area contributed by atoms with E-state index in [-0.39, 0.29) is 24.1 Å². The molecular formula is C28H36N6O3. The Morgan fingerprint density at radius 2 is 1.86 bits per heavy atom. The van der Waals surface area contributed by atoms with Gasteiger partial charge in [-0.1, -0.05) is 13.0 Å². The second-order valence-corrected chi connectivity index (χ2v) is 9.86. The molecule has 4 rings (SSSR count). The van der Waals surface area contributed by atoms with E-state index in [0.29, 0.717) is 31.8 Å². The Balaban J connectivity index is 1.60. The van der Waals surface area contributed by atoms with Crippen molar-refractivity contribution in [3.63, 3.8) is 0 Å². The van der Waals surface area contributed by atoms with Gasteiger partial charge < -0.3 is 25.3 Å². The average Bonchev–Trinajstić information content (AvgIpc) is 3.54. The highest BCUT2D eigenvalue weighted by Gasteiger charge is 2.42. The number of nitrogen functional groups attached to an aromatic ring is 1. The summed E-state index contributed by atoms with van der Waals surface area (Å²) in [6.45, 7) is 6.07. The van der Waals surface area contributed by atoms with Crippen molar-refractivity contribution in [2.75, 3.05) is 25.0 Å². The Hall–Kier alpha value is -3.88. The van der Waals surface area contributed by atoms with Crippen LogP contribution in [0, 0.1) is 5.41 Å². The van der Waals surface area contributed by atoms with Crippen LogP contribution >= 0.6 is 0 Å². The van der Waals surface area contributed by atoms with E-state index in [1.165, 1.54) is 0 Å². The zero-order chi connectivity index (χ0) is 26.6. The minimum Gasteiger partial charge on any atom is -0.466 e. The number of likely N-dealkylation sites (tertiary alicyclic amines) is 1. The molecule has 1 aromatic heterocycles. The Labute approximate surface area is 217 Å². The Bertz CT molecular complexity index is 1290. The zero-order valence-corrected chi connectivity index (χ0v) is 21.8. The number of fused-ring (bicyclic) bond motifs is 1. The van der Waals surface area contributed by atoms with Gasteiger partial charge in [-0.25, -0.2) is 4.98 Å². The first-order valence-corrected chi connectivity index (χ1v) is 12.8. The molecule has 1 aliphatic heterocycles. The van der Waals surface area contributed by atoms with Gasteiger partial charge in [0.25, 0.3) is 0 Å². The van der Waals surface area contributed by atoms with E-state index in [4.69, 9.17) is 20.9 Å². The molecule has 0 aliphatic carbocycles. The van der Waals surface area contributed by atoms with Gasteiger partial charge in [0.1, 0.15) is 11.7 Å². The SMILES string of the molecule is CCCOC(=O)C[C@@](C)(C(=O)N1CCCC1)c1ccc2c(c1)nc(CNc1ccc(C(=N)N)cc1)n2C. The van der Waals surface area contributed by atoms with Crippen LogP contribution < -0.4 is 11.1 Å². The van der Waals surface area contributed by atoms with Crippen LogP contribution in [0.3, 0.4) is 0 Å². The maximum absolute atomic E-state index is 13.7. The number of carbonyl (C=O) groups is 2. The predicted octanol–water partition coefficient (Wildman–Crippen LogP) is 3.69. The molecule has 0 spiro atoms. The van der Waals surface area contributed by atoms with E-state index in [9.17, 15) is 9.59 Å². The number of amidine groups is 1. The van der Waals surface area contributed by atoms with Crippen LogP contribution in [0.4, 0.5) is 5.69 Å². The molecule has 196 valence electrons. The second kappa shape index (κ2) is 11.0. The molecule has 1 aliphatic rings. The third kappa shape index (κ3) is 5.60. The summed E-state index contributed by atoms with van der Waals surface area (Å²) in [6, 6.07) is 13.2. The van der Waals surface area contributed by atoms with Crippen LogP contribution in [0.25, 0.3) is 11.0 Å². The Morgan fingerprint density at radius 3 is 2.51 bits per heavy atom. The Morgan fingerprint density at radius 1 is 1.16 bits per heavy atom. The largest absolute Gasteiger partial charge is 0.466 e. The van der Waals surface area contributed by atoms with Gasteiger partial charge in [-0.2, -0.15) is 0 Å². The first kappa shape index (κ1) is 26.2. The maximum atomic E-state index is 13.7. The van der Waals surface area contributed by atoms with E-state index < -0.39 is 5.41 Å². The second-order valence-electron chi connectivity index (χ2n) is 9.86. The highest BCUT2D eigenvalue weighted by molar-refractivity contribution is 5.95. The van der Waals surface area contributed by atoms with Gasteiger partial charge in [-0.15, -0.1) is 0 Å². The van der Waals surface area contributed by atoms with Crippen molar-refractivity contribution in [1.82, 2.24) is 14.5 Å². The van der Waals surface area contributed by atoms with Crippen molar-refractivity contribution in [3.05, 3.63) is 59.4 Å². The fraction of sp³-hybridized carbons (Fsp3) is 0.429. The number of hydrogen-bond donors (Lipinski definition) is 3. The highest BCUT2D eigenvalue weighted by atomic mass is 16.5. The van der Waals surface area contributed by atoms with Gasteiger partial charge in [0, 0.05) is 31.4 Å². The van der Waals surface area contributed by atoms with Crippen LogP contribution in [-0.4, -0.2) is 51.9 Å². The number of ether oxygens (including phenoxy) is 1. The number of nitrogens with two attached hydrogens (primary N) is 1. The molecule has 1 amide bonds. The molecule has 1 atom stereocenters. The summed E-state index contributed by atoms with van der Waals surface area (Å²) in [5, 5.41) is 10.9. The quantitative estimate of drug-likeness (QED) is 0.220. The van der Waals surface area contributed by atoms with Gasteiger partial charge in [-0.05, 0) is 68.1 Å². The number of nitrogens with zero attached hydrogens (tertiary/aromatic N) is 3. The molecular weight excluding hydrogens is 468 g/mol. The lowest BCUT2D eigenvalue weighted by Gasteiger charge is -2.32. The van der Waals surface area contributed by atoms with Crippen LogP contribution in [0.15, 0.2) is 42.5 Å². The number of esters is 1. The van der Waals surface area contributed by atoms with Crippen molar-refractivity contribution in [3.8, 4) is 0 Å². The number of benzene rings is 2. The zero-order valence-electron chi connectivity index (χ0n) is 21.8. The summed E-state index contributed by atoms with van der Waals surface area (Å²) in [6.07, 6.45) is 2.69. The molecule has 3 aromatic rings. The van der Waals surface area contributed by atoms with Crippen LogP contribution in [0.2, 0.25) is 0 Å². The molecule has 2 heterocycles. The van der Waals surface area contributed by atoms with Crippen molar-refractivity contribution >= 4 is 34.4 Å². The molecule has 0 bridgehead atoms. The summed E-state index contributed by atoms with van der Waals surface area (Å²) in [7, 11) is 1.96. The van der Waals surface area contributed by atoms with Crippen molar-refractivity contribution in [1.29, 1.82) is 5.41 Å². The van der Waals surface area contributed by atoms with Crippen molar-refractivity contribution < 1.29 is 14.3 Å². The van der Waals surface area contributed by atoms with E-state index in [0.717, 1.165) is 47.4 Å². The lowest BCUT2D eigenvalue weighted by molar-refractivity contribution is -0.149. The third-order valence-corrected chi connectivity index (χ3v) is 7.09. The van der Waals surface area contributed by atoms with Gasteiger partial charge in [0.05, 0.1) is 36.0 Å². The molecule has 1 saturated heterocycles. The van der Waals surface area contributed by atoms with Crippen LogP contribution in [0.5, 0.6) is 0 Å². The number of amides is 1. The predicted molar refractivity (Wildman–Crippen MR) is 145 cm³/mol. The lowest BCUT2D eigenvalue weighted by Crippen LogP contribution is -2.45. The van der Waals surface area contributed by atoms with E-state index >= 15 is 0 Å². The molecule has 0 radical (unpaired) electrons. The number of rotatable bonds is 10. The topological polar surface area (TPSA) is 126 Å². The fourth-order valence-corrected chi connectivity index (χ4v) is 4.83. The summed E-state index contributed by atoms with van der Waals surface area (Å²) in [5.41, 5.74) is 8.55. The molecule has 9 nitrogen and oxygen atoms in total. The van der Waals surface area contributed by atoms with Gasteiger partial charge in [-0.3, -0.25) is 15.0 Å². The summed E-state index contributed by atoms with van der Waals surface area (Å²) in [4.78, 5) is 33.0. The van der Waals surface area contributed by atoms with E-state index in [1.807, 2.05) is 60.7 Å². The third-order valence-electron chi connectivity index (χ3n) is 7.09. The monoisotopic (exact) mass is 504 g/mol. The molecule has 37 heavy (non-hydrogen) atoms. The first-order chi connectivity index (χ1) is 17.7. The molecule has 2 aromatic carbocycles. The normalized spacial score (nSPS) is 14.9. The van der Waals surface area contributed by atoms with E-state index in [1.54, 1.807) is 12.1 Å². The van der Waals surface area contributed by atoms with Gasteiger partial charge >= 0.3 is 5.97 Å². The highest BCUT2D eigenvalue weighted by Crippen LogP contribution is 2.34. The molecule has 9 heteroatoms. The number of imidazole rings is 1. The van der Waals surface area contributed by atoms with Crippen LogP contribution in [-0.2, 0) is 33.3 Å². The number of aromatic nitrogens is 2. The molecule has 0 saturated carbocycles. The average molecular weight is 505 g/mol. The van der Waals surface area contributed by atoms with Gasteiger partial charge in [0.15, 0.2) is 0 Å². The molecule has 1 fully saturated rings. The minimum absolute atomic E-state index is 0.00859. The van der Waals surface area contributed by atoms with Crippen molar-refractivity contribution in [2.45, 2.75) is 51.5 Å². The fourth-order valence-electron chi connectivity index (χ4n) is 4.83. The summed E-state index contributed by atoms with van der Waals surface area (Å²) < 4.78 is 7.39. The standard InChI is InChI=1S/C28H36N6O3/c1-4-15-37-25(35)17-28(2,27(36)34-13-5-6-14-34)20-9-12-23-22(16-20)32-24(33(23)3)18-31-21-10-7-19(8-11-21)26(29)30/h7-12,16,31H,4-6,13-15,17-18H2,1-3H3,(H3,29,30)/t28-/m1/s1. The minimum atomic E-state index is -1.03. The number of carbonyl (C=O) groups excluding carboxylic acids is 2. The maximum Gasteiger partial charge on any atom is 0.307 e. The first-order valence-electron chi connectivity index (χ1n) is 12.8. The number of aryl methyl sites for hydroxylation is 1. The molecule has 0 unspecified atom stereocenters. The summed E-state index contributed by atoms with van der Waals surface area (Å²) in [5.74, 6) is 0.465. The van der Waals surface area contributed by atoms with E-state index in [2.05, 4.69) is 5.32 Å². The van der Waals surface area contributed by atoms with Crippen LogP contribution in [0.1, 0.15) is 56.5 Å². The lowest BCUT2D eigenvalue weighted by atomic mass is 9.78. The Kier molecular flexibility index (Phi) is 7.80. The van der Waals surface area contributed by atoms with Crippen molar-refractivity contribution in [2.24, 2.45) is 12.8 Å². The number of anilines is 1. The number of hydrogen-bond acceptors (Lipinski definition) is 6. The summed E-state index contributed by atoms with van der Waals surface area (Å²) >= 11 is 0. The number of nitrogens with one attached hydrogen (secondary N) is 2. The molecule has 4 N–H and O–H groups in total. The van der Waals surface area contributed by atoms with Gasteiger partial charge in [0.2, 0.25) is 5.91 Å².